The largest absolute Gasteiger partial charge is 0.507 e. The van der Waals surface area contributed by atoms with E-state index in [2.05, 4.69) is 0 Å². The summed E-state index contributed by atoms with van der Waals surface area (Å²) in [6.45, 7) is 1.28. The fraction of sp³-hybridized carbons (Fsp3) is 0.438. The summed E-state index contributed by atoms with van der Waals surface area (Å²) >= 11 is 0. The second kappa shape index (κ2) is 7.29. The van der Waals surface area contributed by atoms with Crippen LogP contribution in [-0.4, -0.2) is 68.3 Å². The molecule has 0 aliphatic carbocycles. The number of rotatable bonds is 5. The quantitative estimate of drug-likeness (QED) is 0.493. The van der Waals surface area contributed by atoms with Crippen molar-refractivity contribution >= 4 is 12.0 Å². The zero-order valence-electron chi connectivity index (χ0n) is 12.9. The van der Waals surface area contributed by atoms with Crippen LogP contribution in [0.5, 0.6) is 5.75 Å². The van der Waals surface area contributed by atoms with Crippen molar-refractivity contribution in [2.45, 2.75) is 37.1 Å². The first-order chi connectivity index (χ1) is 11.3. The lowest BCUT2D eigenvalue weighted by Gasteiger charge is -2.44. The van der Waals surface area contributed by atoms with Gasteiger partial charge in [0.15, 0.2) is 6.29 Å². The lowest BCUT2D eigenvalue weighted by molar-refractivity contribution is -0.318. The van der Waals surface area contributed by atoms with Gasteiger partial charge in [-0.2, -0.15) is 0 Å². The average Bonchev–Trinajstić information content (AvgIpc) is 2.55. The van der Waals surface area contributed by atoms with Crippen molar-refractivity contribution < 1.29 is 39.8 Å². The van der Waals surface area contributed by atoms with E-state index in [-0.39, 0.29) is 12.4 Å². The number of hydrogen-bond donors (Lipinski definition) is 5. The van der Waals surface area contributed by atoms with Gasteiger partial charge in [0.05, 0.1) is 12.7 Å². The molecule has 132 valence electrons. The van der Waals surface area contributed by atoms with Gasteiger partial charge >= 0.3 is 5.97 Å². The second-order valence-electron chi connectivity index (χ2n) is 5.52. The van der Waals surface area contributed by atoms with Crippen LogP contribution in [0.3, 0.4) is 0 Å². The van der Waals surface area contributed by atoms with Gasteiger partial charge in [0, 0.05) is 5.56 Å². The Morgan fingerprint density at radius 1 is 1.33 bits per heavy atom. The SMILES string of the molecule is C[C@H]1OC(OCC=Cc2ccccc2O)[C@H](O)[C@](O)(C(=O)O)[C@@H]1O. The zero-order chi connectivity index (χ0) is 17.9. The molecule has 1 heterocycles. The number of aliphatic hydroxyl groups excluding tert-OH is 2. The van der Waals surface area contributed by atoms with Crippen LogP contribution in [0.25, 0.3) is 6.08 Å². The molecular formula is C16H20O8. The highest BCUT2D eigenvalue weighted by atomic mass is 16.7. The molecule has 24 heavy (non-hydrogen) atoms. The van der Waals surface area contributed by atoms with Gasteiger partial charge in [-0.1, -0.05) is 30.4 Å². The maximum Gasteiger partial charge on any atom is 0.341 e. The summed E-state index contributed by atoms with van der Waals surface area (Å²) in [4.78, 5) is 11.2. The Kier molecular flexibility index (Phi) is 5.58. The number of aliphatic hydroxyl groups is 3. The summed E-state index contributed by atoms with van der Waals surface area (Å²) in [5.74, 6) is -1.68. The molecular weight excluding hydrogens is 320 g/mol. The molecule has 1 aromatic carbocycles. The Balaban J connectivity index is 2.02. The topological polar surface area (TPSA) is 137 Å². The maximum atomic E-state index is 11.2. The van der Waals surface area contributed by atoms with Crippen molar-refractivity contribution in [2.75, 3.05) is 6.61 Å². The number of carboxylic acid groups (broad SMARTS) is 1. The van der Waals surface area contributed by atoms with Gasteiger partial charge < -0.3 is 35.0 Å². The zero-order valence-corrected chi connectivity index (χ0v) is 12.9. The number of aliphatic carboxylic acids is 1. The van der Waals surface area contributed by atoms with E-state index in [0.29, 0.717) is 5.56 Å². The van der Waals surface area contributed by atoms with E-state index in [1.165, 1.54) is 19.1 Å². The van der Waals surface area contributed by atoms with Crippen molar-refractivity contribution in [1.29, 1.82) is 0 Å². The average molecular weight is 340 g/mol. The highest BCUT2D eigenvalue weighted by Crippen LogP contribution is 2.31. The van der Waals surface area contributed by atoms with E-state index in [0.717, 1.165) is 0 Å². The second-order valence-corrected chi connectivity index (χ2v) is 5.52. The lowest BCUT2D eigenvalue weighted by atomic mass is 9.84. The van der Waals surface area contributed by atoms with E-state index >= 15 is 0 Å². The van der Waals surface area contributed by atoms with Gasteiger partial charge in [0.25, 0.3) is 0 Å². The number of phenolic OH excluding ortho intramolecular Hbond substituents is 1. The van der Waals surface area contributed by atoms with Crippen molar-refractivity contribution in [2.24, 2.45) is 0 Å². The van der Waals surface area contributed by atoms with Gasteiger partial charge in [-0.3, -0.25) is 0 Å². The number of ether oxygens (including phenoxy) is 2. The van der Waals surface area contributed by atoms with E-state index in [1.807, 2.05) is 0 Å². The van der Waals surface area contributed by atoms with Crippen LogP contribution in [0, 0.1) is 0 Å². The normalized spacial score (nSPS) is 33.7. The van der Waals surface area contributed by atoms with Crippen LogP contribution in [0.1, 0.15) is 12.5 Å². The Hall–Kier alpha value is -1.97. The van der Waals surface area contributed by atoms with Crippen LogP contribution < -0.4 is 0 Å². The molecule has 0 aromatic heterocycles. The van der Waals surface area contributed by atoms with E-state index in [9.17, 15) is 25.2 Å². The van der Waals surface area contributed by atoms with Crippen molar-refractivity contribution in [3.63, 3.8) is 0 Å². The summed E-state index contributed by atoms with van der Waals surface area (Å²) in [6, 6.07) is 6.61. The summed E-state index contributed by atoms with van der Waals surface area (Å²) in [6.07, 6.45) is -3.16. The Bertz CT molecular complexity index is 616. The van der Waals surface area contributed by atoms with Crippen LogP contribution in [0.15, 0.2) is 30.3 Å². The molecule has 0 spiro atoms. The minimum absolute atomic E-state index is 0.0748. The van der Waals surface area contributed by atoms with Gasteiger partial charge in [0.2, 0.25) is 5.60 Å². The number of para-hydroxylation sites is 1. The molecule has 5 atom stereocenters. The predicted molar refractivity (Wildman–Crippen MR) is 82.0 cm³/mol. The lowest BCUT2D eigenvalue weighted by Crippen LogP contribution is -2.69. The molecule has 0 radical (unpaired) electrons. The molecule has 1 saturated heterocycles. The third-order valence-electron chi connectivity index (χ3n) is 3.89. The maximum absolute atomic E-state index is 11.2. The monoisotopic (exact) mass is 340 g/mol. The van der Waals surface area contributed by atoms with Crippen molar-refractivity contribution in [3.05, 3.63) is 35.9 Å². The van der Waals surface area contributed by atoms with Gasteiger partial charge in [-0.05, 0) is 13.0 Å². The first kappa shape index (κ1) is 18.4. The number of carbonyl (C=O) groups is 1. The van der Waals surface area contributed by atoms with Crippen molar-refractivity contribution in [3.8, 4) is 5.75 Å². The Morgan fingerprint density at radius 2 is 2.00 bits per heavy atom. The molecule has 0 saturated carbocycles. The molecule has 1 unspecified atom stereocenters. The van der Waals surface area contributed by atoms with Crippen LogP contribution in [0.4, 0.5) is 0 Å². The third kappa shape index (κ3) is 3.42. The van der Waals surface area contributed by atoms with E-state index in [1.54, 1.807) is 24.3 Å². The van der Waals surface area contributed by atoms with Crippen LogP contribution in [0.2, 0.25) is 0 Å². The summed E-state index contributed by atoms with van der Waals surface area (Å²) in [5, 5.41) is 48.6. The molecule has 8 heteroatoms. The summed E-state index contributed by atoms with van der Waals surface area (Å²) in [5.41, 5.74) is -2.24. The fourth-order valence-electron chi connectivity index (χ4n) is 2.44. The summed E-state index contributed by atoms with van der Waals surface area (Å²) in [7, 11) is 0. The van der Waals surface area contributed by atoms with Gasteiger partial charge in [-0.25, -0.2) is 4.79 Å². The van der Waals surface area contributed by atoms with E-state index < -0.39 is 36.2 Å². The smallest absolute Gasteiger partial charge is 0.341 e. The standard InChI is InChI=1S/C16H20O8/c1-9-12(18)16(22,15(20)21)13(19)14(24-9)23-8-4-6-10-5-2-3-7-11(10)17/h2-7,9,12-14,17-19,22H,8H2,1H3,(H,20,21)/t9-,12-,13+,14?,16+/m1/s1. The molecule has 1 aromatic rings. The first-order valence-corrected chi connectivity index (χ1v) is 7.32. The molecule has 5 N–H and O–H groups in total. The first-order valence-electron chi connectivity index (χ1n) is 7.32. The van der Waals surface area contributed by atoms with E-state index in [4.69, 9.17) is 14.6 Å². The number of hydrogen-bond acceptors (Lipinski definition) is 7. The fourth-order valence-corrected chi connectivity index (χ4v) is 2.44. The molecule has 2 rings (SSSR count). The minimum Gasteiger partial charge on any atom is -0.507 e. The number of carboxylic acids is 1. The summed E-state index contributed by atoms with van der Waals surface area (Å²) < 4.78 is 10.4. The molecule has 1 fully saturated rings. The minimum atomic E-state index is -2.79. The molecule has 8 nitrogen and oxygen atoms in total. The van der Waals surface area contributed by atoms with Gasteiger partial charge in [-0.15, -0.1) is 0 Å². The number of aromatic hydroxyl groups is 1. The molecule has 0 amide bonds. The Labute approximate surface area is 138 Å². The van der Waals surface area contributed by atoms with Crippen molar-refractivity contribution in [1.82, 2.24) is 0 Å². The van der Waals surface area contributed by atoms with Gasteiger partial charge in [0.1, 0.15) is 18.0 Å². The predicted octanol–water partition coefficient (Wildman–Crippen LogP) is -0.296. The molecule has 1 aliphatic heterocycles. The number of phenols is 1. The van der Waals surface area contributed by atoms with Crippen LogP contribution >= 0.6 is 0 Å². The molecule has 1 aliphatic rings. The highest BCUT2D eigenvalue weighted by Gasteiger charge is 2.59. The third-order valence-corrected chi connectivity index (χ3v) is 3.89. The highest BCUT2D eigenvalue weighted by molar-refractivity contribution is 5.79. The molecule has 0 bridgehead atoms. The van der Waals surface area contributed by atoms with Crippen LogP contribution in [-0.2, 0) is 14.3 Å². The Morgan fingerprint density at radius 3 is 2.62 bits per heavy atom. The number of benzene rings is 1.